The number of aliphatic hydroxyl groups excluding tert-OH is 1. The van der Waals surface area contributed by atoms with Gasteiger partial charge in [-0.3, -0.25) is 4.79 Å². The standard InChI is InChI=1S/C28H38ClN3O3/c1-18(33)32-23(13-20-8-5-6-9-22(20)29)25(34)17-30-24-15-28(10-7-11-28)35-26-21(24)12-19(16-31-26)14-27(2,3)4/h5-6,8-9,12,16,23-25,30,34H,7,10-11,13-15,17H2,1-4H3,(H,32,33)/t23-,24-,25-/m0/s1. The van der Waals surface area contributed by atoms with E-state index in [4.69, 9.17) is 21.3 Å². The Morgan fingerprint density at radius 3 is 2.69 bits per heavy atom. The zero-order valence-corrected chi connectivity index (χ0v) is 22.0. The van der Waals surface area contributed by atoms with Crippen LogP contribution in [-0.2, 0) is 17.6 Å². The molecule has 2 aromatic rings. The first-order chi connectivity index (χ1) is 16.5. The second kappa shape index (κ2) is 10.5. The lowest BCUT2D eigenvalue weighted by Crippen LogP contribution is -2.52. The molecule has 1 aromatic carbocycles. The molecular weight excluding hydrogens is 462 g/mol. The highest BCUT2D eigenvalue weighted by atomic mass is 35.5. The van der Waals surface area contributed by atoms with E-state index in [9.17, 15) is 9.90 Å². The first-order valence-corrected chi connectivity index (χ1v) is 13.0. The van der Waals surface area contributed by atoms with E-state index in [1.807, 2.05) is 30.5 Å². The number of rotatable bonds is 8. The number of fused-ring (bicyclic) bond motifs is 1. The van der Waals surface area contributed by atoms with E-state index in [1.165, 1.54) is 12.5 Å². The zero-order chi connectivity index (χ0) is 25.2. The molecule has 1 saturated carbocycles. The lowest BCUT2D eigenvalue weighted by Gasteiger charge is -2.47. The van der Waals surface area contributed by atoms with Gasteiger partial charge in [-0.2, -0.15) is 0 Å². The van der Waals surface area contributed by atoms with Gasteiger partial charge in [-0.1, -0.05) is 50.6 Å². The highest BCUT2D eigenvalue weighted by molar-refractivity contribution is 6.31. The third kappa shape index (κ3) is 6.54. The summed E-state index contributed by atoms with van der Waals surface area (Å²) in [6, 6.07) is 9.31. The molecule has 190 valence electrons. The Balaban J connectivity index is 1.51. The first-order valence-electron chi connectivity index (χ1n) is 12.6. The van der Waals surface area contributed by atoms with Crippen LogP contribution in [0.15, 0.2) is 36.5 Å². The fourth-order valence-electron chi connectivity index (χ4n) is 5.20. The molecule has 2 aliphatic rings. The Morgan fingerprint density at radius 1 is 1.31 bits per heavy atom. The van der Waals surface area contributed by atoms with Gasteiger partial charge in [0.05, 0.1) is 12.1 Å². The van der Waals surface area contributed by atoms with Gasteiger partial charge in [0.1, 0.15) is 5.60 Å². The van der Waals surface area contributed by atoms with Gasteiger partial charge in [-0.15, -0.1) is 0 Å². The number of carbonyl (C=O) groups is 1. The Kier molecular flexibility index (Phi) is 7.74. The number of hydrogen-bond acceptors (Lipinski definition) is 5. The average Bonchev–Trinajstić information content (AvgIpc) is 2.75. The third-order valence-corrected chi connectivity index (χ3v) is 7.39. The lowest BCUT2D eigenvalue weighted by atomic mass is 9.73. The SMILES string of the molecule is CC(=O)N[C@@H](Cc1ccccc1Cl)[C@@H](O)CN[C@H]1CC2(CCC2)Oc2ncc(CC(C)(C)C)cc21. The average molecular weight is 500 g/mol. The van der Waals surface area contributed by atoms with Gasteiger partial charge in [0, 0.05) is 42.7 Å². The molecule has 1 amide bonds. The van der Waals surface area contributed by atoms with Gasteiger partial charge in [-0.25, -0.2) is 4.98 Å². The summed E-state index contributed by atoms with van der Waals surface area (Å²) in [4.78, 5) is 16.6. The molecule has 0 radical (unpaired) electrons. The first kappa shape index (κ1) is 25.9. The maximum Gasteiger partial charge on any atom is 0.218 e. The molecule has 2 heterocycles. The summed E-state index contributed by atoms with van der Waals surface area (Å²) in [6.45, 7) is 8.47. The summed E-state index contributed by atoms with van der Waals surface area (Å²) < 4.78 is 6.38. The topological polar surface area (TPSA) is 83.5 Å². The molecule has 3 N–H and O–H groups in total. The summed E-state index contributed by atoms with van der Waals surface area (Å²) >= 11 is 6.35. The van der Waals surface area contributed by atoms with Crippen molar-refractivity contribution in [3.63, 3.8) is 0 Å². The molecule has 3 atom stereocenters. The van der Waals surface area contributed by atoms with Crippen LogP contribution in [-0.4, -0.2) is 40.3 Å². The van der Waals surface area contributed by atoms with E-state index >= 15 is 0 Å². The van der Waals surface area contributed by atoms with Gasteiger partial charge in [0.25, 0.3) is 0 Å². The van der Waals surface area contributed by atoms with E-state index < -0.39 is 12.1 Å². The van der Waals surface area contributed by atoms with E-state index in [-0.39, 0.29) is 23.0 Å². The molecule has 0 saturated heterocycles. The van der Waals surface area contributed by atoms with Crippen LogP contribution in [0.3, 0.4) is 0 Å². The van der Waals surface area contributed by atoms with Gasteiger partial charge in [0.2, 0.25) is 11.8 Å². The van der Waals surface area contributed by atoms with Crippen molar-refractivity contribution in [2.45, 2.75) is 90.0 Å². The molecular formula is C28H38ClN3O3. The van der Waals surface area contributed by atoms with Crippen molar-refractivity contribution in [2.24, 2.45) is 5.41 Å². The molecule has 6 nitrogen and oxygen atoms in total. The number of aromatic nitrogens is 1. The number of ether oxygens (including phenoxy) is 1. The normalized spacial score (nSPS) is 20.3. The van der Waals surface area contributed by atoms with E-state index in [0.29, 0.717) is 23.9 Å². The van der Waals surface area contributed by atoms with Crippen molar-refractivity contribution in [3.05, 3.63) is 58.2 Å². The fourth-order valence-corrected chi connectivity index (χ4v) is 5.41. The maximum absolute atomic E-state index is 11.9. The second-order valence-corrected chi connectivity index (χ2v) is 11.9. The summed E-state index contributed by atoms with van der Waals surface area (Å²) in [6.07, 6.45) is 6.59. The number of pyridine rings is 1. The highest BCUT2D eigenvalue weighted by Gasteiger charge is 2.46. The Labute approximate surface area is 213 Å². The number of nitrogens with zero attached hydrogens (tertiary/aromatic N) is 1. The smallest absolute Gasteiger partial charge is 0.218 e. The van der Waals surface area contributed by atoms with Crippen molar-refractivity contribution in [1.82, 2.24) is 15.6 Å². The summed E-state index contributed by atoms with van der Waals surface area (Å²) in [7, 11) is 0. The van der Waals surface area contributed by atoms with Gasteiger partial charge < -0.3 is 20.5 Å². The van der Waals surface area contributed by atoms with Crippen LogP contribution >= 0.6 is 11.6 Å². The van der Waals surface area contributed by atoms with Gasteiger partial charge >= 0.3 is 0 Å². The molecule has 1 aliphatic carbocycles. The summed E-state index contributed by atoms with van der Waals surface area (Å²) in [5.74, 6) is 0.525. The van der Waals surface area contributed by atoms with Gasteiger partial charge in [-0.05, 0) is 60.8 Å². The number of hydrogen-bond donors (Lipinski definition) is 3. The van der Waals surface area contributed by atoms with Crippen LogP contribution in [0.4, 0.5) is 0 Å². The number of halogens is 1. The summed E-state index contributed by atoms with van der Waals surface area (Å²) in [5, 5.41) is 18.3. The minimum absolute atomic E-state index is 0.0272. The van der Waals surface area contributed by atoms with Crippen LogP contribution in [0.5, 0.6) is 5.88 Å². The minimum atomic E-state index is -0.787. The molecule has 35 heavy (non-hydrogen) atoms. The van der Waals surface area contributed by atoms with E-state index in [1.54, 1.807) is 0 Å². The molecule has 1 aromatic heterocycles. The largest absolute Gasteiger partial charge is 0.471 e. The minimum Gasteiger partial charge on any atom is -0.471 e. The van der Waals surface area contributed by atoms with Crippen LogP contribution in [0.1, 0.15) is 76.1 Å². The molecule has 1 spiro atoms. The number of aliphatic hydroxyl groups is 1. The number of nitrogens with one attached hydrogen (secondary N) is 2. The third-order valence-electron chi connectivity index (χ3n) is 7.02. The van der Waals surface area contributed by atoms with Crippen LogP contribution < -0.4 is 15.4 Å². The maximum atomic E-state index is 11.9. The molecule has 4 rings (SSSR count). The Hall–Kier alpha value is -2.15. The number of benzene rings is 1. The van der Waals surface area contributed by atoms with E-state index in [0.717, 1.165) is 43.2 Å². The zero-order valence-electron chi connectivity index (χ0n) is 21.2. The predicted molar refractivity (Wildman–Crippen MR) is 139 cm³/mol. The molecule has 1 aliphatic heterocycles. The van der Waals surface area contributed by atoms with E-state index in [2.05, 4.69) is 37.5 Å². The second-order valence-electron chi connectivity index (χ2n) is 11.4. The van der Waals surface area contributed by atoms with Crippen molar-refractivity contribution < 1.29 is 14.6 Å². The molecule has 0 bridgehead atoms. The number of amides is 1. The van der Waals surface area contributed by atoms with Crippen LogP contribution in [0.25, 0.3) is 0 Å². The predicted octanol–water partition coefficient (Wildman–Crippen LogP) is 4.77. The van der Waals surface area contributed by atoms with Crippen molar-refractivity contribution >= 4 is 17.5 Å². The molecule has 7 heteroatoms. The highest BCUT2D eigenvalue weighted by Crippen LogP contribution is 2.48. The quantitative estimate of drug-likeness (QED) is 0.487. The Morgan fingerprint density at radius 2 is 2.06 bits per heavy atom. The van der Waals surface area contributed by atoms with Crippen molar-refractivity contribution in [3.8, 4) is 5.88 Å². The monoisotopic (exact) mass is 499 g/mol. The fraction of sp³-hybridized carbons (Fsp3) is 0.571. The lowest BCUT2D eigenvalue weighted by molar-refractivity contribution is -0.120. The van der Waals surface area contributed by atoms with Crippen LogP contribution in [0.2, 0.25) is 5.02 Å². The van der Waals surface area contributed by atoms with Crippen molar-refractivity contribution in [1.29, 1.82) is 0 Å². The van der Waals surface area contributed by atoms with Crippen LogP contribution in [0, 0.1) is 5.41 Å². The summed E-state index contributed by atoms with van der Waals surface area (Å²) in [5.41, 5.74) is 3.13. The molecule has 1 fully saturated rings. The number of carbonyl (C=O) groups excluding carboxylic acids is 1. The van der Waals surface area contributed by atoms with Gasteiger partial charge in [0.15, 0.2) is 0 Å². The van der Waals surface area contributed by atoms with Crippen molar-refractivity contribution in [2.75, 3.05) is 6.54 Å². The Bertz CT molecular complexity index is 1050. The molecule has 0 unspecified atom stereocenters.